The minimum atomic E-state index is -0.641. The first-order valence-electron chi connectivity index (χ1n) is 6.94. The summed E-state index contributed by atoms with van der Waals surface area (Å²) in [5.41, 5.74) is -0.429. The molecule has 0 aromatic heterocycles. The lowest BCUT2D eigenvalue weighted by Gasteiger charge is -2.32. The van der Waals surface area contributed by atoms with Crippen LogP contribution in [0.3, 0.4) is 0 Å². The third-order valence-electron chi connectivity index (χ3n) is 3.85. The van der Waals surface area contributed by atoms with E-state index in [1.54, 1.807) is 23.9 Å². The maximum Gasteiger partial charge on any atom is 0.497 e. The van der Waals surface area contributed by atoms with Crippen molar-refractivity contribution in [1.29, 1.82) is 0 Å². The molecule has 0 atom stereocenters. The fraction of sp³-hybridized carbons (Fsp3) is 0.600. The molecule has 1 aromatic carbocycles. The van der Waals surface area contributed by atoms with Crippen molar-refractivity contribution in [3.8, 4) is 0 Å². The lowest BCUT2D eigenvalue weighted by molar-refractivity contribution is 0.00578. The van der Waals surface area contributed by atoms with E-state index in [2.05, 4.69) is 13.8 Å². The van der Waals surface area contributed by atoms with Gasteiger partial charge in [0.1, 0.15) is 5.82 Å². The molecule has 0 saturated carbocycles. The van der Waals surface area contributed by atoms with E-state index in [9.17, 15) is 4.39 Å². The smallest absolute Gasteiger partial charge is 0.399 e. The maximum absolute atomic E-state index is 14.3. The molecule has 0 spiro atoms. The lowest BCUT2D eigenvalue weighted by atomic mass is 9.79. The van der Waals surface area contributed by atoms with Crippen LogP contribution >= 0.6 is 11.8 Å². The van der Waals surface area contributed by atoms with Gasteiger partial charge in [-0.05, 0) is 39.8 Å². The fourth-order valence-electron chi connectivity index (χ4n) is 2.01. The van der Waals surface area contributed by atoms with Crippen LogP contribution in [0.15, 0.2) is 23.1 Å². The van der Waals surface area contributed by atoms with E-state index < -0.39 is 18.3 Å². The molecule has 2 rings (SSSR count). The molecule has 0 N–H and O–H groups in total. The molecular weight excluding hydrogens is 274 g/mol. The Balaban J connectivity index is 2.23. The monoisotopic (exact) mass is 296 g/mol. The van der Waals surface area contributed by atoms with E-state index >= 15 is 0 Å². The van der Waals surface area contributed by atoms with Crippen molar-refractivity contribution in [2.75, 3.05) is 0 Å². The Morgan fingerprint density at radius 1 is 1.10 bits per heavy atom. The van der Waals surface area contributed by atoms with E-state index in [1.165, 1.54) is 0 Å². The van der Waals surface area contributed by atoms with Crippen molar-refractivity contribution >= 4 is 24.3 Å². The minimum Gasteiger partial charge on any atom is -0.399 e. The highest BCUT2D eigenvalue weighted by molar-refractivity contribution is 7.99. The van der Waals surface area contributed by atoms with Gasteiger partial charge in [0.25, 0.3) is 0 Å². The van der Waals surface area contributed by atoms with Gasteiger partial charge in [0.15, 0.2) is 0 Å². The molecule has 1 fully saturated rings. The van der Waals surface area contributed by atoms with Crippen LogP contribution in [0.5, 0.6) is 0 Å². The first kappa shape index (κ1) is 15.9. The molecule has 0 radical (unpaired) electrons. The second kappa shape index (κ2) is 5.36. The highest BCUT2D eigenvalue weighted by Crippen LogP contribution is 2.36. The van der Waals surface area contributed by atoms with Crippen molar-refractivity contribution in [2.45, 2.75) is 62.9 Å². The Labute approximate surface area is 125 Å². The van der Waals surface area contributed by atoms with Crippen LogP contribution in [-0.4, -0.2) is 23.6 Å². The quantitative estimate of drug-likeness (QED) is 0.627. The molecule has 2 nitrogen and oxygen atoms in total. The lowest BCUT2D eigenvalue weighted by Crippen LogP contribution is -2.41. The van der Waals surface area contributed by atoms with Gasteiger partial charge in [-0.2, -0.15) is 0 Å². The molecule has 1 aliphatic rings. The summed E-state index contributed by atoms with van der Waals surface area (Å²) < 4.78 is 26.0. The maximum atomic E-state index is 14.3. The van der Waals surface area contributed by atoms with Gasteiger partial charge in [-0.25, -0.2) is 4.39 Å². The Kier molecular flexibility index (Phi) is 4.25. The number of halogens is 1. The van der Waals surface area contributed by atoms with Crippen LogP contribution in [0.2, 0.25) is 0 Å². The third-order valence-corrected chi connectivity index (χ3v) is 4.85. The van der Waals surface area contributed by atoms with E-state index in [4.69, 9.17) is 9.31 Å². The Hall–Kier alpha value is -0.515. The van der Waals surface area contributed by atoms with Crippen molar-refractivity contribution in [3.05, 3.63) is 24.0 Å². The van der Waals surface area contributed by atoms with Crippen LogP contribution in [0.1, 0.15) is 41.5 Å². The summed E-state index contributed by atoms with van der Waals surface area (Å²) in [7, 11) is -0.641. The summed E-state index contributed by atoms with van der Waals surface area (Å²) in [5.74, 6) is -0.269. The highest BCUT2D eigenvalue weighted by Gasteiger charge is 2.52. The second-order valence-corrected chi connectivity index (χ2v) is 8.09. The number of thioether (sulfide) groups is 1. The fourth-order valence-corrected chi connectivity index (χ4v) is 2.88. The molecule has 0 bridgehead atoms. The van der Waals surface area contributed by atoms with Gasteiger partial charge >= 0.3 is 7.12 Å². The van der Waals surface area contributed by atoms with Crippen LogP contribution in [0.25, 0.3) is 0 Å². The van der Waals surface area contributed by atoms with Gasteiger partial charge in [-0.15, -0.1) is 11.8 Å². The molecule has 1 saturated heterocycles. The van der Waals surface area contributed by atoms with Gasteiger partial charge in [0, 0.05) is 15.6 Å². The van der Waals surface area contributed by atoms with Gasteiger partial charge in [-0.3, -0.25) is 0 Å². The zero-order valence-corrected chi connectivity index (χ0v) is 13.8. The summed E-state index contributed by atoms with van der Waals surface area (Å²) >= 11 is 1.64. The van der Waals surface area contributed by atoms with Crippen LogP contribution in [0.4, 0.5) is 4.39 Å². The summed E-state index contributed by atoms with van der Waals surface area (Å²) in [5, 5.41) is 0.428. The SMILES string of the molecule is CC(C)Sc1ccc(B2OC(C)(C)C(C)(C)O2)c(F)c1. The van der Waals surface area contributed by atoms with Crippen LogP contribution in [-0.2, 0) is 9.31 Å². The number of hydrogen-bond acceptors (Lipinski definition) is 3. The summed E-state index contributed by atoms with van der Waals surface area (Å²) in [6, 6.07) is 5.25. The second-order valence-electron chi connectivity index (χ2n) is 6.44. The molecule has 1 heterocycles. The molecule has 1 aromatic rings. The number of rotatable bonds is 3. The summed E-state index contributed by atoms with van der Waals surface area (Å²) in [6.45, 7) is 12.0. The zero-order valence-electron chi connectivity index (χ0n) is 13.0. The van der Waals surface area contributed by atoms with E-state index in [0.29, 0.717) is 10.7 Å². The summed E-state index contributed by atoms with van der Waals surface area (Å²) in [6.07, 6.45) is 0. The Bertz CT molecular complexity index is 487. The van der Waals surface area contributed by atoms with Gasteiger partial charge in [0.2, 0.25) is 0 Å². The molecule has 20 heavy (non-hydrogen) atoms. The Morgan fingerprint density at radius 3 is 2.10 bits per heavy atom. The molecule has 110 valence electrons. The van der Waals surface area contributed by atoms with E-state index in [-0.39, 0.29) is 5.82 Å². The van der Waals surface area contributed by atoms with Gasteiger partial charge in [0.05, 0.1) is 11.2 Å². The number of hydrogen-bond donors (Lipinski definition) is 0. The van der Waals surface area contributed by atoms with Crippen molar-refractivity contribution in [3.63, 3.8) is 0 Å². The summed E-state index contributed by atoms with van der Waals surface area (Å²) in [4.78, 5) is 0.928. The normalized spacial score (nSPS) is 20.7. The van der Waals surface area contributed by atoms with Crippen molar-refractivity contribution < 1.29 is 13.7 Å². The average Bonchev–Trinajstić information content (AvgIpc) is 2.46. The van der Waals surface area contributed by atoms with E-state index in [0.717, 1.165) is 4.90 Å². The van der Waals surface area contributed by atoms with Crippen LogP contribution < -0.4 is 5.46 Å². The predicted octanol–water partition coefficient (Wildman–Crippen LogP) is 3.63. The first-order chi connectivity index (χ1) is 9.12. The number of benzene rings is 1. The predicted molar refractivity (Wildman–Crippen MR) is 83.1 cm³/mol. The topological polar surface area (TPSA) is 18.5 Å². The molecule has 5 heteroatoms. The highest BCUT2D eigenvalue weighted by atomic mass is 32.2. The average molecular weight is 296 g/mol. The molecular formula is C15H22BFO2S. The third kappa shape index (κ3) is 3.05. The van der Waals surface area contributed by atoms with Crippen LogP contribution in [0, 0.1) is 5.82 Å². The largest absolute Gasteiger partial charge is 0.497 e. The van der Waals surface area contributed by atoms with Crippen molar-refractivity contribution in [1.82, 2.24) is 0 Å². The van der Waals surface area contributed by atoms with Gasteiger partial charge in [-0.1, -0.05) is 19.9 Å². The first-order valence-corrected chi connectivity index (χ1v) is 7.82. The minimum absolute atomic E-state index is 0.269. The molecule has 1 aliphatic heterocycles. The van der Waals surface area contributed by atoms with Crippen molar-refractivity contribution in [2.24, 2.45) is 0 Å². The Morgan fingerprint density at radius 2 is 1.65 bits per heavy atom. The molecule has 0 aliphatic carbocycles. The standard InChI is InChI=1S/C15H22BFO2S/c1-10(2)20-11-7-8-12(13(17)9-11)16-18-14(3,4)15(5,6)19-16/h7-10H,1-6H3. The van der Waals surface area contributed by atoms with Gasteiger partial charge < -0.3 is 9.31 Å². The molecule has 0 unspecified atom stereocenters. The van der Waals surface area contributed by atoms with E-state index in [1.807, 2.05) is 33.8 Å². The zero-order chi connectivity index (χ0) is 15.1. The molecule has 0 amide bonds.